The molecule has 0 aromatic rings. The highest BCUT2D eigenvalue weighted by Crippen LogP contribution is 2.02. The summed E-state index contributed by atoms with van der Waals surface area (Å²) in [5.74, 6) is -2.00. The summed E-state index contributed by atoms with van der Waals surface area (Å²) >= 11 is 0. The number of carbonyl (C=O) groups is 4. The van der Waals surface area contributed by atoms with Crippen LogP contribution in [0.4, 0.5) is 0 Å². The lowest BCUT2D eigenvalue weighted by Gasteiger charge is -2.19. The zero-order valence-electron chi connectivity index (χ0n) is 18.4. The number of nitrogens with zero attached hydrogens (tertiary/aromatic N) is 2. The molecule has 0 rings (SSSR count). The predicted molar refractivity (Wildman–Crippen MR) is 120 cm³/mol. The van der Waals surface area contributed by atoms with Gasteiger partial charge in [-0.15, -0.1) is 0 Å². The van der Waals surface area contributed by atoms with Gasteiger partial charge in [-0.25, -0.2) is 0 Å². The highest BCUT2D eigenvalue weighted by atomic mass is 16.5. The molecule has 0 aliphatic carbocycles. The van der Waals surface area contributed by atoms with Crippen LogP contribution in [0.1, 0.15) is 38.5 Å². The number of nitrogens with one attached hydrogen (secondary N) is 3. The minimum atomic E-state index is -1.65. The third-order valence-corrected chi connectivity index (χ3v) is 4.13. The topological polar surface area (TPSA) is 274 Å². The first kappa shape index (κ1) is 29.5. The minimum Gasteiger partial charge on any atom is -0.370 e. The smallest absolute Gasteiger partial charge is 0.243 e. The summed E-state index contributed by atoms with van der Waals surface area (Å²) in [6, 6.07) is -1.78. The summed E-state index contributed by atoms with van der Waals surface area (Å²) in [6.07, 6.45) is -0.214. The Morgan fingerprint density at radius 3 is 1.94 bits per heavy atom. The van der Waals surface area contributed by atoms with E-state index in [9.17, 15) is 19.2 Å². The molecule has 0 bridgehead atoms. The van der Waals surface area contributed by atoms with Crippen LogP contribution in [0.2, 0.25) is 0 Å². The molecule has 188 valence electrons. The molecule has 0 radical (unpaired) electrons. The van der Waals surface area contributed by atoms with E-state index >= 15 is 0 Å². The lowest BCUT2D eigenvalue weighted by molar-refractivity contribution is -0.131. The van der Waals surface area contributed by atoms with Gasteiger partial charge in [-0.3, -0.25) is 24.4 Å². The number of aliphatic hydroxyl groups is 2. The van der Waals surface area contributed by atoms with Crippen LogP contribution in [0.15, 0.2) is 9.98 Å². The monoisotopic (exact) mass is 473 g/mol. The molecule has 0 fully saturated rings. The summed E-state index contributed by atoms with van der Waals surface area (Å²) < 4.78 is 0. The normalized spacial score (nSPS) is 12.2. The van der Waals surface area contributed by atoms with Crippen molar-refractivity contribution >= 4 is 35.9 Å². The zero-order valence-corrected chi connectivity index (χ0v) is 18.4. The van der Waals surface area contributed by atoms with E-state index in [-0.39, 0.29) is 37.7 Å². The number of aliphatic hydroxyl groups excluding tert-OH is 1. The number of carbonyl (C=O) groups excluding carboxylic acids is 4. The van der Waals surface area contributed by atoms with Crippen molar-refractivity contribution in [3.8, 4) is 0 Å². The van der Waals surface area contributed by atoms with Gasteiger partial charge in [-0.05, 0) is 25.7 Å². The Balaban J connectivity index is 4.71. The SMILES string of the molecule is NC(N)=NCCC[C@@H](C=O)NC(=O)CNC(=O)[C@@H](CCCN=C(N)N)NC(=O)CCC(O)O. The summed E-state index contributed by atoms with van der Waals surface area (Å²) in [6.45, 7) is 0.0964. The molecule has 33 heavy (non-hydrogen) atoms. The van der Waals surface area contributed by atoms with E-state index in [4.69, 9.17) is 33.1 Å². The summed E-state index contributed by atoms with van der Waals surface area (Å²) in [4.78, 5) is 55.2. The van der Waals surface area contributed by atoms with Crippen LogP contribution >= 0.6 is 0 Å². The van der Waals surface area contributed by atoms with Gasteiger partial charge in [-0.2, -0.15) is 0 Å². The van der Waals surface area contributed by atoms with Gasteiger partial charge in [0.1, 0.15) is 12.3 Å². The quantitative estimate of drug-likeness (QED) is 0.0321. The maximum absolute atomic E-state index is 12.5. The molecule has 0 saturated carbocycles. The average molecular weight is 474 g/mol. The lowest BCUT2D eigenvalue weighted by atomic mass is 10.1. The van der Waals surface area contributed by atoms with Gasteiger partial charge in [0, 0.05) is 25.9 Å². The largest absolute Gasteiger partial charge is 0.370 e. The molecule has 0 aromatic heterocycles. The Labute approximate surface area is 191 Å². The fourth-order valence-electron chi connectivity index (χ4n) is 2.54. The Kier molecular flexibility index (Phi) is 15.3. The van der Waals surface area contributed by atoms with Crippen molar-refractivity contribution in [1.82, 2.24) is 16.0 Å². The second kappa shape index (κ2) is 17.1. The van der Waals surface area contributed by atoms with Gasteiger partial charge < -0.3 is 53.9 Å². The van der Waals surface area contributed by atoms with E-state index in [0.717, 1.165) is 0 Å². The molecule has 0 spiro atoms. The first-order chi connectivity index (χ1) is 15.5. The van der Waals surface area contributed by atoms with Crippen molar-refractivity contribution in [1.29, 1.82) is 0 Å². The highest BCUT2D eigenvalue weighted by Gasteiger charge is 2.21. The third kappa shape index (κ3) is 16.9. The van der Waals surface area contributed by atoms with Crippen LogP contribution in [-0.4, -0.2) is 84.1 Å². The van der Waals surface area contributed by atoms with Gasteiger partial charge in [0.25, 0.3) is 0 Å². The van der Waals surface area contributed by atoms with Crippen molar-refractivity contribution in [2.24, 2.45) is 32.9 Å². The molecule has 0 heterocycles. The predicted octanol–water partition coefficient (Wildman–Crippen LogP) is -4.53. The lowest BCUT2D eigenvalue weighted by Crippen LogP contribution is -2.50. The minimum absolute atomic E-state index is 0.0723. The Morgan fingerprint density at radius 1 is 0.848 bits per heavy atom. The molecule has 15 nitrogen and oxygen atoms in total. The van der Waals surface area contributed by atoms with E-state index in [1.165, 1.54) is 0 Å². The molecule has 15 heteroatoms. The van der Waals surface area contributed by atoms with E-state index in [1.54, 1.807) is 0 Å². The van der Waals surface area contributed by atoms with Crippen LogP contribution < -0.4 is 38.9 Å². The second-order valence-corrected chi connectivity index (χ2v) is 7.06. The molecular formula is C18H35N9O6. The molecule has 0 unspecified atom stereocenters. The Hall–Kier alpha value is -3.46. The number of rotatable bonds is 17. The molecule has 0 aromatic carbocycles. The number of aliphatic imine (C=N–C) groups is 2. The number of aldehydes is 1. The molecule has 0 saturated heterocycles. The zero-order chi connectivity index (χ0) is 25.2. The maximum atomic E-state index is 12.5. The average Bonchev–Trinajstić information content (AvgIpc) is 2.74. The molecular weight excluding hydrogens is 438 g/mol. The molecule has 3 amide bonds. The standard InChI is InChI=1S/C18H35N9O6/c19-17(20)23-7-1-3-11(10-28)26-14(30)9-25-16(33)12(4-2-8-24-18(21)22)27-13(29)5-6-15(31)32/h10-12,15,31-32H,1-9H2,(H,25,33)(H,26,30)(H,27,29)(H4,19,20,23)(H4,21,22,24)/t11-,12+/m0/s1. The highest BCUT2D eigenvalue weighted by molar-refractivity contribution is 5.91. The Bertz CT molecular complexity index is 691. The first-order valence-corrected chi connectivity index (χ1v) is 10.3. The van der Waals surface area contributed by atoms with Crippen molar-refractivity contribution in [2.75, 3.05) is 19.6 Å². The van der Waals surface area contributed by atoms with E-state index in [0.29, 0.717) is 32.1 Å². The molecule has 0 aliphatic heterocycles. The fourth-order valence-corrected chi connectivity index (χ4v) is 2.54. The fraction of sp³-hybridized carbons (Fsp3) is 0.667. The first-order valence-electron chi connectivity index (χ1n) is 10.3. The number of nitrogens with two attached hydrogens (primary N) is 4. The van der Waals surface area contributed by atoms with Gasteiger partial charge in [0.2, 0.25) is 17.7 Å². The van der Waals surface area contributed by atoms with Crippen molar-refractivity contribution in [2.45, 2.75) is 56.9 Å². The van der Waals surface area contributed by atoms with E-state index < -0.39 is 42.6 Å². The van der Waals surface area contributed by atoms with Gasteiger partial charge in [0.05, 0.1) is 12.6 Å². The van der Waals surface area contributed by atoms with Gasteiger partial charge in [0.15, 0.2) is 18.2 Å². The van der Waals surface area contributed by atoms with Crippen LogP contribution in [0.25, 0.3) is 0 Å². The summed E-state index contributed by atoms with van der Waals surface area (Å²) in [7, 11) is 0. The Morgan fingerprint density at radius 2 is 1.42 bits per heavy atom. The summed E-state index contributed by atoms with van der Waals surface area (Å²) in [5.41, 5.74) is 20.9. The number of hydrogen-bond donors (Lipinski definition) is 9. The van der Waals surface area contributed by atoms with Crippen LogP contribution in [-0.2, 0) is 19.2 Å². The molecule has 0 aliphatic rings. The van der Waals surface area contributed by atoms with E-state index in [1.807, 2.05) is 0 Å². The molecule has 13 N–H and O–H groups in total. The number of hydrogen-bond acceptors (Lipinski definition) is 8. The number of guanidine groups is 2. The summed E-state index contributed by atoms with van der Waals surface area (Å²) in [5, 5.41) is 25.1. The van der Waals surface area contributed by atoms with Crippen LogP contribution in [0.5, 0.6) is 0 Å². The maximum Gasteiger partial charge on any atom is 0.243 e. The van der Waals surface area contributed by atoms with Crippen molar-refractivity contribution in [3.63, 3.8) is 0 Å². The molecule has 2 atom stereocenters. The third-order valence-electron chi connectivity index (χ3n) is 4.13. The van der Waals surface area contributed by atoms with E-state index in [2.05, 4.69) is 25.9 Å². The van der Waals surface area contributed by atoms with Gasteiger partial charge >= 0.3 is 0 Å². The number of amides is 3. The second-order valence-electron chi connectivity index (χ2n) is 7.06. The van der Waals surface area contributed by atoms with Crippen molar-refractivity contribution in [3.05, 3.63) is 0 Å². The van der Waals surface area contributed by atoms with Crippen molar-refractivity contribution < 1.29 is 29.4 Å². The van der Waals surface area contributed by atoms with Crippen LogP contribution in [0.3, 0.4) is 0 Å². The van der Waals surface area contributed by atoms with Gasteiger partial charge in [-0.1, -0.05) is 0 Å². The van der Waals surface area contributed by atoms with Crippen LogP contribution in [0, 0.1) is 0 Å².